The smallest absolute Gasteiger partial charge is 0.147 e. The van der Waals surface area contributed by atoms with Crippen LogP contribution in [-0.2, 0) is 6.42 Å². The van der Waals surface area contributed by atoms with Crippen molar-refractivity contribution in [2.45, 2.75) is 27.2 Å². The van der Waals surface area contributed by atoms with Gasteiger partial charge in [0.05, 0.1) is 27.9 Å². The third-order valence-corrected chi connectivity index (χ3v) is 13.7. The van der Waals surface area contributed by atoms with E-state index in [4.69, 9.17) is 11.6 Å². The lowest BCUT2D eigenvalue weighted by Crippen LogP contribution is -2.25. The molecule has 0 N–H and O–H groups in total. The molecule has 1 aliphatic heterocycles. The Bertz CT molecular complexity index is 3040. The van der Waals surface area contributed by atoms with Crippen LogP contribution in [-0.4, -0.2) is 13.9 Å². The van der Waals surface area contributed by atoms with Crippen molar-refractivity contribution in [1.29, 1.82) is 0 Å². The number of hydrogen-bond acceptors (Lipinski definition) is 1. The molecule has 58 heavy (non-hydrogen) atoms. The summed E-state index contributed by atoms with van der Waals surface area (Å²) >= 11 is 2.27. The number of hydrogen-bond donors (Lipinski definition) is 0. The number of halogens is 1. The van der Waals surface area contributed by atoms with Gasteiger partial charge in [0.25, 0.3) is 0 Å². The molecular weight excluding hydrogens is 836 g/mol. The van der Waals surface area contributed by atoms with Gasteiger partial charge in [0.15, 0.2) is 0 Å². The van der Waals surface area contributed by atoms with Gasteiger partial charge in [-0.05, 0) is 104 Å². The first kappa shape index (κ1) is 36.8. The summed E-state index contributed by atoms with van der Waals surface area (Å²) in [6.45, 7) is 16.1. The molecule has 2 aromatic heterocycles. The number of benzene rings is 6. The van der Waals surface area contributed by atoms with Crippen molar-refractivity contribution in [3.8, 4) is 27.9 Å². The molecule has 6 aromatic carbocycles. The zero-order valence-corrected chi connectivity index (χ0v) is 36.1. The third kappa shape index (κ3) is 6.08. The standard InChI is InChI=1S/C53H43IN3P/c1-33(54)29-30-36-19-9-10-20-38(36)34(2)39-23-15-25-43-42-24-16-28-48-49(42)55-52(56(48)46-26-13-11-21-40(46)35-17-7-6-8-18-35)45-32-37(53(3,4)5)31-44-41-22-12-14-27-47(41)57(50(44)45)58-51(39)43/h6-30,32,37,58H,1-2,31H2,3-5H3/b30-29-. The maximum atomic E-state index is 5.81. The second-order valence-corrected chi connectivity index (χ2v) is 19.0. The molecule has 1 aliphatic carbocycles. The second kappa shape index (κ2) is 14.4. The van der Waals surface area contributed by atoms with E-state index in [0.29, 0.717) is 14.6 Å². The van der Waals surface area contributed by atoms with Crippen LogP contribution in [0.3, 0.4) is 0 Å². The van der Waals surface area contributed by atoms with Crippen LogP contribution in [0.15, 0.2) is 168 Å². The van der Waals surface area contributed by atoms with Gasteiger partial charge in [-0.25, -0.2) is 4.98 Å². The average Bonchev–Trinajstić information content (AvgIpc) is 3.78. The molecule has 10 rings (SSSR count). The minimum Gasteiger partial charge on any atom is -0.317 e. The van der Waals surface area contributed by atoms with E-state index >= 15 is 0 Å². The minimum atomic E-state index is 0.0401. The van der Waals surface area contributed by atoms with E-state index in [-0.39, 0.29) is 5.41 Å². The summed E-state index contributed by atoms with van der Waals surface area (Å²) < 4.78 is 6.05. The molecule has 2 unspecified atom stereocenters. The number of para-hydroxylation sites is 3. The van der Waals surface area contributed by atoms with Crippen molar-refractivity contribution in [3.05, 3.63) is 202 Å². The van der Waals surface area contributed by atoms with E-state index in [1.54, 1.807) is 0 Å². The maximum Gasteiger partial charge on any atom is 0.147 e. The Hall–Kier alpha value is -5.55. The van der Waals surface area contributed by atoms with E-state index < -0.39 is 0 Å². The van der Waals surface area contributed by atoms with Crippen molar-refractivity contribution in [2.75, 3.05) is 0 Å². The number of imidazole rings is 1. The van der Waals surface area contributed by atoms with E-state index in [9.17, 15) is 0 Å². The average molecular weight is 880 g/mol. The fourth-order valence-electron chi connectivity index (χ4n) is 8.98. The Labute approximate surface area is 356 Å². The first-order valence-electron chi connectivity index (χ1n) is 19.9. The van der Waals surface area contributed by atoms with Gasteiger partial charge in [-0.3, -0.25) is 4.57 Å². The summed E-state index contributed by atoms with van der Waals surface area (Å²) in [4.78, 5) is 5.81. The number of rotatable bonds is 6. The lowest BCUT2D eigenvalue weighted by molar-refractivity contribution is 0.290. The predicted molar refractivity (Wildman–Crippen MR) is 258 cm³/mol. The molecule has 0 radical (unpaired) electrons. The highest BCUT2D eigenvalue weighted by atomic mass is 127. The van der Waals surface area contributed by atoms with Gasteiger partial charge < -0.3 is 4.34 Å². The Morgan fingerprint density at radius 1 is 0.741 bits per heavy atom. The maximum absolute atomic E-state index is 5.81. The minimum absolute atomic E-state index is 0.0401. The normalized spacial score (nSPS) is 15.2. The zero-order valence-electron chi connectivity index (χ0n) is 32.9. The number of nitrogens with zero attached hydrogens (tertiary/aromatic N) is 3. The highest BCUT2D eigenvalue weighted by Gasteiger charge is 2.36. The van der Waals surface area contributed by atoms with Crippen molar-refractivity contribution in [2.24, 2.45) is 11.3 Å². The van der Waals surface area contributed by atoms with Crippen LogP contribution in [0, 0.1) is 11.3 Å². The molecular formula is C53H43IN3P. The van der Waals surface area contributed by atoms with Crippen molar-refractivity contribution >= 4 is 75.8 Å². The molecule has 8 aromatic rings. The highest BCUT2D eigenvalue weighted by molar-refractivity contribution is 14.1. The summed E-state index contributed by atoms with van der Waals surface area (Å²) in [6.07, 6.45) is 7.75. The first-order chi connectivity index (χ1) is 28.2. The van der Waals surface area contributed by atoms with Crippen LogP contribution in [0.25, 0.3) is 67.1 Å². The molecule has 0 spiro atoms. The fraction of sp³-hybridized carbons (Fsp3) is 0.113. The summed E-state index contributed by atoms with van der Waals surface area (Å²) in [7, 11) is 0.298. The summed E-state index contributed by atoms with van der Waals surface area (Å²) in [5.74, 6) is 1.29. The number of aromatic nitrogens is 3. The van der Waals surface area contributed by atoms with Gasteiger partial charge in [-0.2, -0.15) is 0 Å². The molecule has 3 heterocycles. The van der Waals surface area contributed by atoms with Gasteiger partial charge in [-0.15, -0.1) is 0 Å². The monoisotopic (exact) mass is 879 g/mol. The van der Waals surface area contributed by atoms with Gasteiger partial charge in [-0.1, -0.05) is 167 Å². The van der Waals surface area contributed by atoms with E-state index in [2.05, 4.69) is 217 Å². The van der Waals surface area contributed by atoms with E-state index in [1.165, 1.54) is 49.7 Å². The zero-order chi connectivity index (χ0) is 39.7. The lowest BCUT2D eigenvalue weighted by Gasteiger charge is -2.33. The first-order valence-corrected chi connectivity index (χ1v) is 21.9. The second-order valence-electron chi connectivity index (χ2n) is 16.4. The topological polar surface area (TPSA) is 22.8 Å². The van der Waals surface area contributed by atoms with Gasteiger partial charge in [0.1, 0.15) is 5.82 Å². The van der Waals surface area contributed by atoms with Crippen LogP contribution in [0.2, 0.25) is 0 Å². The molecule has 0 saturated heterocycles. The van der Waals surface area contributed by atoms with Crippen LogP contribution < -0.4 is 5.30 Å². The largest absolute Gasteiger partial charge is 0.317 e. The highest BCUT2D eigenvalue weighted by Crippen LogP contribution is 2.50. The van der Waals surface area contributed by atoms with Crippen molar-refractivity contribution in [1.82, 2.24) is 13.9 Å². The Morgan fingerprint density at radius 3 is 2.24 bits per heavy atom. The van der Waals surface area contributed by atoms with Gasteiger partial charge >= 0.3 is 0 Å². The summed E-state index contributed by atoms with van der Waals surface area (Å²) in [6, 6.07) is 50.7. The van der Waals surface area contributed by atoms with Crippen LogP contribution in [0.4, 0.5) is 0 Å². The molecule has 282 valence electrons. The molecule has 0 amide bonds. The number of fused-ring (bicyclic) bond motifs is 7. The predicted octanol–water partition coefficient (Wildman–Crippen LogP) is 14.1. The fourth-order valence-corrected chi connectivity index (χ4v) is 10.8. The lowest BCUT2D eigenvalue weighted by atomic mass is 9.73. The van der Waals surface area contributed by atoms with Gasteiger partial charge in [0, 0.05) is 39.7 Å². The Balaban J connectivity index is 1.33. The quantitative estimate of drug-likeness (QED) is 0.0927. The molecule has 3 nitrogen and oxygen atoms in total. The Kier molecular flexibility index (Phi) is 9.11. The van der Waals surface area contributed by atoms with Gasteiger partial charge in [0.2, 0.25) is 0 Å². The molecule has 2 atom stereocenters. The summed E-state index contributed by atoms with van der Waals surface area (Å²) in [5, 5.41) is 2.59. The molecule has 5 heteroatoms. The van der Waals surface area contributed by atoms with Crippen molar-refractivity contribution in [3.63, 3.8) is 0 Å². The van der Waals surface area contributed by atoms with E-state index in [1.807, 2.05) is 0 Å². The SMILES string of the molecule is C=C(I)/C=C\c1ccccc1C(=C)c1cccc2c1Pn1c3c(c4ccccc41)CC(C(C)(C)C)C=C3c1nc3c-2cccc3n1-c1ccccc1-c1ccccc1. The summed E-state index contributed by atoms with van der Waals surface area (Å²) in [5.41, 5.74) is 17.4. The third-order valence-electron chi connectivity index (χ3n) is 11.9. The van der Waals surface area contributed by atoms with Crippen LogP contribution in [0.5, 0.6) is 0 Å². The van der Waals surface area contributed by atoms with E-state index in [0.717, 1.165) is 60.4 Å². The molecule has 2 aliphatic rings. The molecule has 0 fully saturated rings. The number of allylic oxidation sites excluding steroid dienone is 3. The Morgan fingerprint density at radius 2 is 1.41 bits per heavy atom. The molecule has 0 saturated carbocycles. The van der Waals surface area contributed by atoms with Crippen LogP contribution >= 0.6 is 31.3 Å². The molecule has 2 bridgehead atoms. The van der Waals surface area contributed by atoms with Crippen molar-refractivity contribution < 1.29 is 0 Å². The van der Waals surface area contributed by atoms with Crippen LogP contribution in [0.1, 0.15) is 54.5 Å².